The summed E-state index contributed by atoms with van der Waals surface area (Å²) in [6.07, 6.45) is -3.93. The second-order valence-corrected chi connectivity index (χ2v) is 5.19. The number of carbonyl (C=O) groups excluding carboxylic acids is 1. The van der Waals surface area contributed by atoms with Crippen molar-refractivity contribution in [3.8, 4) is 0 Å². The summed E-state index contributed by atoms with van der Waals surface area (Å²) in [5.74, 6) is -4.63. The van der Waals surface area contributed by atoms with E-state index in [4.69, 9.17) is 21.8 Å². The number of aliphatic hydroxyl groups is 1. The fourth-order valence-corrected chi connectivity index (χ4v) is 2.28. The molecule has 0 aliphatic carbocycles. The molecular formula is C14H15ClF3NO4. The predicted octanol–water partition coefficient (Wildman–Crippen LogP) is 2.17. The number of carboxylic acid groups (broad SMARTS) is 1. The lowest BCUT2D eigenvalue weighted by Crippen LogP contribution is -2.42. The molecule has 0 aliphatic heterocycles. The molecule has 9 heteroatoms. The van der Waals surface area contributed by atoms with E-state index in [0.717, 1.165) is 18.2 Å². The second-order valence-electron chi connectivity index (χ2n) is 4.78. The van der Waals surface area contributed by atoms with Crippen molar-refractivity contribution < 1.29 is 33.0 Å². The van der Waals surface area contributed by atoms with Crippen molar-refractivity contribution in [1.82, 2.24) is 5.32 Å². The predicted molar refractivity (Wildman–Crippen MR) is 76.0 cm³/mol. The molecule has 0 radical (unpaired) electrons. The largest absolute Gasteiger partial charge is 0.480 e. The SMILES string of the molecule is O=C(CC(c1ccc(F)cc1Cl)C(F)F)N[C@@H](CCO)C(=O)O. The molecule has 0 saturated carbocycles. The van der Waals surface area contributed by atoms with Gasteiger partial charge in [0.2, 0.25) is 12.3 Å². The fourth-order valence-electron chi connectivity index (χ4n) is 1.98. The van der Waals surface area contributed by atoms with E-state index in [0.29, 0.717) is 0 Å². The van der Waals surface area contributed by atoms with Gasteiger partial charge >= 0.3 is 5.97 Å². The van der Waals surface area contributed by atoms with Gasteiger partial charge in [-0.3, -0.25) is 4.79 Å². The highest BCUT2D eigenvalue weighted by Crippen LogP contribution is 2.32. The van der Waals surface area contributed by atoms with E-state index in [-0.39, 0.29) is 17.0 Å². The topological polar surface area (TPSA) is 86.6 Å². The highest BCUT2D eigenvalue weighted by atomic mass is 35.5. The molecule has 0 aliphatic rings. The molecule has 1 aromatic rings. The third-order valence-corrected chi connectivity index (χ3v) is 3.45. The van der Waals surface area contributed by atoms with Crippen LogP contribution in [0.3, 0.4) is 0 Å². The Bertz CT molecular complexity index is 571. The molecule has 0 bridgehead atoms. The number of nitrogens with one attached hydrogen (secondary N) is 1. The Morgan fingerprint density at radius 3 is 2.43 bits per heavy atom. The van der Waals surface area contributed by atoms with Gasteiger partial charge in [0.25, 0.3) is 0 Å². The highest BCUT2D eigenvalue weighted by Gasteiger charge is 2.29. The number of carboxylic acids is 1. The Morgan fingerprint density at radius 2 is 1.96 bits per heavy atom. The van der Waals surface area contributed by atoms with Crippen molar-refractivity contribution in [2.24, 2.45) is 0 Å². The van der Waals surface area contributed by atoms with E-state index in [9.17, 15) is 22.8 Å². The standard InChI is InChI=1S/C14H15ClF3NO4/c15-10-5-7(16)1-2-8(10)9(13(17)18)6-12(21)19-11(3-4-20)14(22)23/h1-2,5,9,11,13,20H,3-4,6H2,(H,19,21)(H,22,23)/t9?,11-/m0/s1. The van der Waals surface area contributed by atoms with Crippen molar-refractivity contribution in [2.75, 3.05) is 6.61 Å². The molecule has 1 rings (SSSR count). The molecular weight excluding hydrogens is 339 g/mol. The van der Waals surface area contributed by atoms with Crippen LogP contribution in [0.4, 0.5) is 13.2 Å². The first kappa shape index (κ1) is 19.2. The summed E-state index contributed by atoms with van der Waals surface area (Å²) in [6.45, 7) is -0.487. The summed E-state index contributed by atoms with van der Waals surface area (Å²) in [5, 5.41) is 19.4. The number of alkyl halides is 2. The summed E-state index contributed by atoms with van der Waals surface area (Å²) >= 11 is 5.73. The van der Waals surface area contributed by atoms with Crippen LogP contribution in [0.15, 0.2) is 18.2 Å². The molecule has 0 saturated heterocycles. The number of aliphatic hydroxyl groups excluding tert-OH is 1. The number of halogens is 4. The van der Waals surface area contributed by atoms with Crippen molar-refractivity contribution in [3.05, 3.63) is 34.6 Å². The van der Waals surface area contributed by atoms with Crippen molar-refractivity contribution in [2.45, 2.75) is 31.2 Å². The normalized spacial score (nSPS) is 13.7. The van der Waals surface area contributed by atoms with Gasteiger partial charge in [-0.2, -0.15) is 0 Å². The van der Waals surface area contributed by atoms with Crippen LogP contribution < -0.4 is 5.32 Å². The lowest BCUT2D eigenvalue weighted by atomic mass is 9.95. The van der Waals surface area contributed by atoms with Crippen LogP contribution in [0.1, 0.15) is 24.3 Å². The number of benzene rings is 1. The molecule has 1 aromatic carbocycles. The van der Waals surface area contributed by atoms with Gasteiger partial charge in [0.15, 0.2) is 0 Å². The first-order chi connectivity index (χ1) is 10.8. The van der Waals surface area contributed by atoms with Crippen LogP contribution in [-0.4, -0.2) is 41.2 Å². The summed E-state index contributed by atoms with van der Waals surface area (Å²) in [4.78, 5) is 22.7. The molecule has 0 heterocycles. The number of carbonyl (C=O) groups is 2. The summed E-state index contributed by atoms with van der Waals surface area (Å²) < 4.78 is 39.3. The maximum Gasteiger partial charge on any atom is 0.326 e. The zero-order valence-corrected chi connectivity index (χ0v) is 12.6. The Morgan fingerprint density at radius 1 is 1.30 bits per heavy atom. The van der Waals surface area contributed by atoms with Crippen molar-refractivity contribution in [1.29, 1.82) is 0 Å². The van der Waals surface area contributed by atoms with Crippen LogP contribution in [0.2, 0.25) is 5.02 Å². The molecule has 0 spiro atoms. The lowest BCUT2D eigenvalue weighted by molar-refractivity contribution is -0.142. The van der Waals surface area contributed by atoms with Gasteiger partial charge in [-0.15, -0.1) is 0 Å². The number of rotatable bonds is 8. The number of hydrogen-bond acceptors (Lipinski definition) is 3. The minimum absolute atomic E-state index is 0.104. The first-order valence-electron chi connectivity index (χ1n) is 6.62. The van der Waals surface area contributed by atoms with Gasteiger partial charge in [-0.1, -0.05) is 17.7 Å². The maximum atomic E-state index is 13.2. The zero-order chi connectivity index (χ0) is 17.6. The molecule has 0 fully saturated rings. The maximum absolute atomic E-state index is 13.2. The average Bonchev–Trinajstić information content (AvgIpc) is 2.44. The monoisotopic (exact) mass is 353 g/mol. The van der Waals surface area contributed by atoms with Gasteiger partial charge in [0, 0.05) is 24.5 Å². The lowest BCUT2D eigenvalue weighted by Gasteiger charge is -2.19. The highest BCUT2D eigenvalue weighted by molar-refractivity contribution is 6.31. The van der Waals surface area contributed by atoms with Crippen LogP contribution in [-0.2, 0) is 9.59 Å². The fraction of sp³-hybridized carbons (Fsp3) is 0.429. The molecule has 2 atom stereocenters. The molecule has 23 heavy (non-hydrogen) atoms. The third kappa shape index (κ3) is 5.72. The van der Waals surface area contributed by atoms with Crippen molar-refractivity contribution >= 4 is 23.5 Å². The smallest absolute Gasteiger partial charge is 0.326 e. The minimum Gasteiger partial charge on any atom is -0.480 e. The Labute approximate surface area is 135 Å². The van der Waals surface area contributed by atoms with E-state index in [2.05, 4.69) is 5.32 Å². The number of aliphatic carboxylic acids is 1. The minimum atomic E-state index is -2.95. The molecule has 1 unspecified atom stereocenters. The molecule has 1 amide bonds. The average molecular weight is 354 g/mol. The van der Waals surface area contributed by atoms with Crippen LogP contribution in [0, 0.1) is 5.82 Å². The molecule has 5 nitrogen and oxygen atoms in total. The van der Waals surface area contributed by atoms with E-state index in [1.54, 1.807) is 0 Å². The molecule has 128 valence electrons. The van der Waals surface area contributed by atoms with Crippen LogP contribution in [0.25, 0.3) is 0 Å². The molecule has 3 N–H and O–H groups in total. The van der Waals surface area contributed by atoms with E-state index in [1.165, 1.54) is 0 Å². The van der Waals surface area contributed by atoms with E-state index in [1.807, 2.05) is 0 Å². The third-order valence-electron chi connectivity index (χ3n) is 3.12. The van der Waals surface area contributed by atoms with Gasteiger partial charge in [0.05, 0.1) is 5.92 Å². The number of hydrogen-bond donors (Lipinski definition) is 3. The summed E-state index contributed by atoms with van der Waals surface area (Å²) in [5.41, 5.74) is -0.104. The Balaban J connectivity index is 2.87. The zero-order valence-electron chi connectivity index (χ0n) is 11.8. The summed E-state index contributed by atoms with van der Waals surface area (Å²) in [7, 11) is 0. The van der Waals surface area contributed by atoms with Crippen molar-refractivity contribution in [3.63, 3.8) is 0 Å². The Hall–Kier alpha value is -1.80. The van der Waals surface area contributed by atoms with Gasteiger partial charge in [-0.25, -0.2) is 18.0 Å². The Kier molecular flexibility index (Phi) is 7.31. The first-order valence-corrected chi connectivity index (χ1v) is 7.00. The van der Waals surface area contributed by atoms with Gasteiger partial charge in [0.1, 0.15) is 11.9 Å². The van der Waals surface area contributed by atoms with Crippen LogP contribution >= 0.6 is 11.6 Å². The van der Waals surface area contributed by atoms with Crippen LogP contribution in [0.5, 0.6) is 0 Å². The number of amides is 1. The van der Waals surface area contributed by atoms with Gasteiger partial charge < -0.3 is 15.5 Å². The van der Waals surface area contributed by atoms with Gasteiger partial charge in [-0.05, 0) is 17.7 Å². The summed E-state index contributed by atoms with van der Waals surface area (Å²) in [6, 6.07) is 1.48. The second kappa shape index (κ2) is 8.73. The van der Waals surface area contributed by atoms with E-state index >= 15 is 0 Å². The molecule has 0 aromatic heterocycles. The quantitative estimate of drug-likeness (QED) is 0.668. The van der Waals surface area contributed by atoms with E-state index < -0.39 is 49.1 Å².